The standard InChI is InChI=1S/C18H18BrN3OS/c1-23-14-8-3-2-7-13(14)22-18-12(6-4-5-11-20-18)17(21-22)15-9-10-16(19)24-15/h2-3,7-10,20H,4-6,11H2,1H3. The van der Waals surface area contributed by atoms with Crippen molar-refractivity contribution in [1.82, 2.24) is 9.78 Å². The molecule has 6 heteroatoms. The first kappa shape index (κ1) is 15.7. The number of hydrogen-bond acceptors (Lipinski definition) is 4. The van der Waals surface area contributed by atoms with Crippen LogP contribution in [0.3, 0.4) is 0 Å². The zero-order chi connectivity index (χ0) is 16.5. The van der Waals surface area contributed by atoms with Crippen molar-refractivity contribution in [2.75, 3.05) is 19.0 Å². The molecule has 0 unspecified atom stereocenters. The third-order valence-corrected chi connectivity index (χ3v) is 5.88. The normalized spacial score (nSPS) is 13.9. The number of thiophene rings is 1. The van der Waals surface area contributed by atoms with E-state index in [1.54, 1.807) is 18.4 Å². The molecule has 0 aliphatic carbocycles. The quantitative estimate of drug-likeness (QED) is 0.659. The fourth-order valence-electron chi connectivity index (χ4n) is 3.12. The van der Waals surface area contributed by atoms with Crippen LogP contribution in [0.4, 0.5) is 5.82 Å². The van der Waals surface area contributed by atoms with E-state index in [2.05, 4.69) is 33.4 Å². The molecule has 2 aromatic heterocycles. The number of aromatic nitrogens is 2. The maximum Gasteiger partial charge on any atom is 0.144 e. The number of nitrogens with zero attached hydrogens (tertiary/aromatic N) is 2. The number of halogens is 1. The van der Waals surface area contributed by atoms with E-state index in [9.17, 15) is 0 Å². The second kappa shape index (κ2) is 6.61. The highest BCUT2D eigenvalue weighted by Crippen LogP contribution is 2.39. The summed E-state index contributed by atoms with van der Waals surface area (Å²) in [5.41, 5.74) is 3.33. The number of methoxy groups -OCH3 is 1. The van der Waals surface area contributed by atoms with Gasteiger partial charge in [0, 0.05) is 12.1 Å². The maximum absolute atomic E-state index is 5.55. The van der Waals surface area contributed by atoms with Gasteiger partial charge in [0.25, 0.3) is 0 Å². The largest absolute Gasteiger partial charge is 0.494 e. The number of fused-ring (bicyclic) bond motifs is 1. The Hall–Kier alpha value is -1.79. The smallest absolute Gasteiger partial charge is 0.144 e. The molecule has 3 heterocycles. The average Bonchev–Trinajstić information content (AvgIpc) is 3.10. The third-order valence-electron chi connectivity index (χ3n) is 4.25. The van der Waals surface area contributed by atoms with Gasteiger partial charge < -0.3 is 10.1 Å². The Labute approximate surface area is 153 Å². The zero-order valence-corrected chi connectivity index (χ0v) is 15.8. The number of hydrogen-bond donors (Lipinski definition) is 1. The molecule has 0 fully saturated rings. The van der Waals surface area contributed by atoms with Gasteiger partial charge in [-0.15, -0.1) is 11.3 Å². The zero-order valence-electron chi connectivity index (χ0n) is 13.4. The summed E-state index contributed by atoms with van der Waals surface area (Å²) in [6.45, 7) is 0.974. The van der Waals surface area contributed by atoms with Gasteiger partial charge in [0.1, 0.15) is 22.9 Å². The predicted octanol–water partition coefficient (Wildman–Crippen LogP) is 5.12. The highest BCUT2D eigenvalue weighted by atomic mass is 79.9. The minimum atomic E-state index is 0.827. The summed E-state index contributed by atoms with van der Waals surface area (Å²) < 4.78 is 8.67. The van der Waals surface area contributed by atoms with Gasteiger partial charge in [-0.1, -0.05) is 12.1 Å². The molecule has 0 atom stereocenters. The number of benzene rings is 1. The summed E-state index contributed by atoms with van der Waals surface area (Å²) in [7, 11) is 1.70. The SMILES string of the molecule is COc1ccccc1-n1nc(-c2ccc(Br)s2)c2c1NCCCC2. The molecule has 124 valence electrons. The second-order valence-corrected chi connectivity index (χ2v) is 8.21. The van der Waals surface area contributed by atoms with Crippen LogP contribution in [0, 0.1) is 0 Å². The summed E-state index contributed by atoms with van der Waals surface area (Å²) in [5, 5.41) is 8.54. The Morgan fingerprint density at radius 2 is 2.08 bits per heavy atom. The van der Waals surface area contributed by atoms with Crippen molar-refractivity contribution < 1.29 is 4.74 Å². The van der Waals surface area contributed by atoms with Gasteiger partial charge >= 0.3 is 0 Å². The van der Waals surface area contributed by atoms with Gasteiger partial charge in [-0.05, 0) is 59.5 Å². The molecule has 1 aromatic carbocycles. The van der Waals surface area contributed by atoms with Crippen LogP contribution < -0.4 is 10.1 Å². The molecule has 24 heavy (non-hydrogen) atoms. The number of ether oxygens (including phenoxy) is 1. The monoisotopic (exact) mass is 403 g/mol. The van der Waals surface area contributed by atoms with E-state index in [1.807, 2.05) is 28.9 Å². The van der Waals surface area contributed by atoms with E-state index in [0.29, 0.717) is 0 Å². The molecule has 0 saturated heterocycles. The van der Waals surface area contributed by atoms with Crippen LogP contribution in [0.5, 0.6) is 5.75 Å². The number of para-hydroxylation sites is 2. The van der Waals surface area contributed by atoms with Crippen LogP contribution in [-0.2, 0) is 6.42 Å². The van der Waals surface area contributed by atoms with Crippen LogP contribution in [0.15, 0.2) is 40.2 Å². The molecular formula is C18H18BrN3OS. The number of rotatable bonds is 3. The molecule has 1 aliphatic rings. The van der Waals surface area contributed by atoms with Gasteiger partial charge in [0.05, 0.1) is 15.8 Å². The van der Waals surface area contributed by atoms with Gasteiger partial charge in [0.2, 0.25) is 0 Å². The van der Waals surface area contributed by atoms with Crippen molar-refractivity contribution in [3.8, 4) is 22.0 Å². The maximum atomic E-state index is 5.55. The van der Waals surface area contributed by atoms with Crippen molar-refractivity contribution in [3.63, 3.8) is 0 Å². The number of anilines is 1. The minimum absolute atomic E-state index is 0.827. The molecule has 1 N–H and O–H groups in total. The van der Waals surface area contributed by atoms with Crippen LogP contribution >= 0.6 is 27.3 Å². The Kier molecular flexibility index (Phi) is 4.33. The van der Waals surface area contributed by atoms with Gasteiger partial charge in [-0.3, -0.25) is 0 Å². The fraction of sp³-hybridized carbons (Fsp3) is 0.278. The van der Waals surface area contributed by atoms with Gasteiger partial charge in [-0.25, -0.2) is 4.68 Å². The summed E-state index contributed by atoms with van der Waals surface area (Å²) >= 11 is 5.28. The van der Waals surface area contributed by atoms with Gasteiger partial charge in [-0.2, -0.15) is 5.10 Å². The first-order valence-electron chi connectivity index (χ1n) is 8.03. The Morgan fingerprint density at radius 3 is 2.88 bits per heavy atom. The summed E-state index contributed by atoms with van der Waals surface area (Å²) in [6, 6.07) is 12.2. The molecule has 4 rings (SSSR count). The molecule has 0 spiro atoms. The third kappa shape index (κ3) is 2.74. The highest BCUT2D eigenvalue weighted by molar-refractivity contribution is 9.11. The van der Waals surface area contributed by atoms with E-state index in [4.69, 9.17) is 9.84 Å². The lowest BCUT2D eigenvalue weighted by atomic mass is 10.1. The summed E-state index contributed by atoms with van der Waals surface area (Å²) in [6.07, 6.45) is 3.40. The number of nitrogens with one attached hydrogen (secondary N) is 1. The van der Waals surface area contributed by atoms with Crippen molar-refractivity contribution in [2.24, 2.45) is 0 Å². The van der Waals surface area contributed by atoms with E-state index in [1.165, 1.54) is 23.3 Å². The van der Waals surface area contributed by atoms with Crippen molar-refractivity contribution in [3.05, 3.63) is 45.7 Å². The lowest BCUT2D eigenvalue weighted by molar-refractivity contribution is 0.412. The molecule has 0 saturated carbocycles. The van der Waals surface area contributed by atoms with Gasteiger partial charge in [0.15, 0.2) is 0 Å². The fourth-order valence-corrected chi connectivity index (χ4v) is 4.52. The topological polar surface area (TPSA) is 39.1 Å². The molecular weight excluding hydrogens is 386 g/mol. The Balaban J connectivity index is 1.93. The summed E-state index contributed by atoms with van der Waals surface area (Å²) in [5.74, 6) is 1.92. The van der Waals surface area contributed by atoms with E-state index in [0.717, 1.165) is 39.7 Å². The summed E-state index contributed by atoms with van der Waals surface area (Å²) in [4.78, 5) is 1.19. The minimum Gasteiger partial charge on any atom is -0.494 e. The average molecular weight is 404 g/mol. The van der Waals surface area contributed by atoms with Crippen molar-refractivity contribution in [1.29, 1.82) is 0 Å². The van der Waals surface area contributed by atoms with E-state index < -0.39 is 0 Å². The van der Waals surface area contributed by atoms with E-state index >= 15 is 0 Å². The Bertz CT molecular complexity index is 871. The van der Waals surface area contributed by atoms with Crippen LogP contribution in [0.25, 0.3) is 16.3 Å². The molecule has 0 bridgehead atoms. The van der Waals surface area contributed by atoms with Crippen molar-refractivity contribution in [2.45, 2.75) is 19.3 Å². The lowest BCUT2D eigenvalue weighted by Gasteiger charge is -2.12. The molecule has 4 nitrogen and oxygen atoms in total. The molecule has 1 aliphatic heterocycles. The predicted molar refractivity (Wildman–Crippen MR) is 103 cm³/mol. The van der Waals surface area contributed by atoms with Crippen LogP contribution in [0.2, 0.25) is 0 Å². The van der Waals surface area contributed by atoms with Crippen LogP contribution in [-0.4, -0.2) is 23.4 Å². The molecule has 0 radical (unpaired) electrons. The van der Waals surface area contributed by atoms with Crippen molar-refractivity contribution >= 4 is 33.1 Å². The van der Waals surface area contributed by atoms with Crippen LogP contribution in [0.1, 0.15) is 18.4 Å². The first-order chi connectivity index (χ1) is 11.8. The second-order valence-electron chi connectivity index (χ2n) is 5.75. The lowest BCUT2D eigenvalue weighted by Crippen LogP contribution is -2.08. The molecule has 3 aromatic rings. The highest BCUT2D eigenvalue weighted by Gasteiger charge is 2.23. The Morgan fingerprint density at radius 1 is 1.21 bits per heavy atom. The van der Waals surface area contributed by atoms with E-state index in [-0.39, 0.29) is 0 Å². The first-order valence-corrected chi connectivity index (χ1v) is 9.64. The molecule has 0 amide bonds.